The van der Waals surface area contributed by atoms with E-state index in [0.717, 1.165) is 12.1 Å². The minimum absolute atomic E-state index is 0.0821. The van der Waals surface area contributed by atoms with Crippen LogP contribution in [0.1, 0.15) is 5.56 Å². The first-order chi connectivity index (χ1) is 7.18. The van der Waals surface area contributed by atoms with Crippen molar-refractivity contribution < 1.29 is 8.78 Å². The molecule has 76 valence electrons. The highest BCUT2D eigenvalue weighted by atomic mass is 19.1. The lowest BCUT2D eigenvalue weighted by Crippen LogP contribution is -1.94. The van der Waals surface area contributed by atoms with E-state index in [1.807, 2.05) is 0 Å². The monoisotopic (exact) mass is 206 g/mol. The highest BCUT2D eigenvalue weighted by Gasteiger charge is 2.10. The summed E-state index contributed by atoms with van der Waals surface area (Å²) in [7, 11) is 0. The molecule has 0 spiro atoms. The molecule has 0 fully saturated rings. The van der Waals surface area contributed by atoms with Gasteiger partial charge in [-0.25, -0.2) is 18.7 Å². The molecule has 0 bridgehead atoms. The fourth-order valence-electron chi connectivity index (χ4n) is 1.26. The summed E-state index contributed by atoms with van der Waals surface area (Å²) in [5, 5.41) is 0. The van der Waals surface area contributed by atoms with Gasteiger partial charge in [-0.1, -0.05) is 0 Å². The Kier molecular flexibility index (Phi) is 2.41. The highest BCUT2D eigenvalue weighted by molar-refractivity contribution is 5.56. The smallest absolute Gasteiger partial charge is 0.162 e. The molecule has 0 saturated carbocycles. The third-order valence-electron chi connectivity index (χ3n) is 2.05. The number of benzene rings is 1. The van der Waals surface area contributed by atoms with E-state index in [9.17, 15) is 8.78 Å². The van der Waals surface area contributed by atoms with E-state index in [0.29, 0.717) is 0 Å². The number of rotatable bonds is 1. The number of nitrogens with zero attached hydrogens (tertiary/aromatic N) is 2. The standard InChI is InChI=1S/C11H8F2N2/c1-7-5-10(13)8(6-9(7)12)11-14-3-2-4-15-11/h2-6H,1H3. The van der Waals surface area contributed by atoms with E-state index in [1.54, 1.807) is 6.07 Å². The van der Waals surface area contributed by atoms with Crippen LogP contribution in [0.4, 0.5) is 8.78 Å². The number of aromatic nitrogens is 2. The van der Waals surface area contributed by atoms with Crippen LogP contribution in [0.25, 0.3) is 11.4 Å². The van der Waals surface area contributed by atoms with Gasteiger partial charge in [-0.05, 0) is 30.7 Å². The van der Waals surface area contributed by atoms with Crippen LogP contribution in [0.3, 0.4) is 0 Å². The maximum absolute atomic E-state index is 13.5. The summed E-state index contributed by atoms with van der Waals surface area (Å²) in [6.07, 6.45) is 2.97. The van der Waals surface area contributed by atoms with Crippen molar-refractivity contribution in [3.63, 3.8) is 0 Å². The molecule has 4 heteroatoms. The highest BCUT2D eigenvalue weighted by Crippen LogP contribution is 2.21. The van der Waals surface area contributed by atoms with E-state index in [-0.39, 0.29) is 17.0 Å². The molecule has 0 aliphatic rings. The minimum Gasteiger partial charge on any atom is -0.236 e. The number of aryl methyl sites for hydroxylation is 1. The Hall–Kier alpha value is -1.84. The van der Waals surface area contributed by atoms with E-state index in [4.69, 9.17) is 0 Å². The third-order valence-corrected chi connectivity index (χ3v) is 2.05. The molecular formula is C11H8F2N2. The molecule has 1 heterocycles. The second-order valence-electron chi connectivity index (χ2n) is 3.15. The van der Waals surface area contributed by atoms with Gasteiger partial charge in [-0.3, -0.25) is 0 Å². The van der Waals surface area contributed by atoms with E-state index < -0.39 is 11.6 Å². The first kappa shape index (κ1) is 9.71. The zero-order valence-electron chi connectivity index (χ0n) is 8.04. The molecule has 0 unspecified atom stereocenters. The topological polar surface area (TPSA) is 25.8 Å². The summed E-state index contributed by atoms with van der Waals surface area (Å²) in [4.78, 5) is 7.73. The molecule has 2 rings (SSSR count). The number of hydrogen-bond acceptors (Lipinski definition) is 2. The molecule has 2 nitrogen and oxygen atoms in total. The van der Waals surface area contributed by atoms with Gasteiger partial charge in [-0.15, -0.1) is 0 Å². The van der Waals surface area contributed by atoms with Crippen molar-refractivity contribution in [2.75, 3.05) is 0 Å². The Balaban J connectivity index is 2.59. The average molecular weight is 206 g/mol. The molecule has 15 heavy (non-hydrogen) atoms. The minimum atomic E-state index is -0.514. The third kappa shape index (κ3) is 1.83. The molecular weight excluding hydrogens is 198 g/mol. The lowest BCUT2D eigenvalue weighted by molar-refractivity contribution is 0.594. The van der Waals surface area contributed by atoms with Gasteiger partial charge in [0.1, 0.15) is 11.6 Å². The van der Waals surface area contributed by atoms with Crippen LogP contribution >= 0.6 is 0 Å². The van der Waals surface area contributed by atoms with Gasteiger partial charge in [0.25, 0.3) is 0 Å². The second-order valence-corrected chi connectivity index (χ2v) is 3.15. The molecule has 0 radical (unpaired) electrons. The van der Waals surface area contributed by atoms with E-state index in [1.165, 1.54) is 19.3 Å². The molecule has 1 aromatic heterocycles. The zero-order chi connectivity index (χ0) is 10.8. The number of halogens is 2. The van der Waals surface area contributed by atoms with E-state index in [2.05, 4.69) is 9.97 Å². The first-order valence-electron chi connectivity index (χ1n) is 4.41. The lowest BCUT2D eigenvalue weighted by Gasteiger charge is -2.03. The van der Waals surface area contributed by atoms with Gasteiger partial charge in [0.15, 0.2) is 5.82 Å². The van der Waals surface area contributed by atoms with Gasteiger partial charge < -0.3 is 0 Å². The molecule has 0 aliphatic carbocycles. The fraction of sp³-hybridized carbons (Fsp3) is 0.0909. The van der Waals surface area contributed by atoms with Crippen molar-refractivity contribution in [2.24, 2.45) is 0 Å². The summed E-state index contributed by atoms with van der Waals surface area (Å²) < 4.78 is 26.7. The first-order valence-corrected chi connectivity index (χ1v) is 4.41. The maximum Gasteiger partial charge on any atom is 0.162 e. The molecule has 0 saturated heterocycles. The van der Waals surface area contributed by atoms with Gasteiger partial charge in [0.2, 0.25) is 0 Å². The van der Waals surface area contributed by atoms with Crippen LogP contribution in [0.5, 0.6) is 0 Å². The second kappa shape index (κ2) is 3.73. The Morgan fingerprint density at radius 3 is 2.33 bits per heavy atom. The Labute approximate surface area is 85.6 Å². The predicted octanol–water partition coefficient (Wildman–Crippen LogP) is 2.73. The SMILES string of the molecule is Cc1cc(F)c(-c2ncccn2)cc1F. The quantitative estimate of drug-likeness (QED) is 0.716. The predicted molar refractivity (Wildman–Crippen MR) is 52.1 cm³/mol. The maximum atomic E-state index is 13.5. The van der Waals surface area contributed by atoms with Crippen LogP contribution < -0.4 is 0 Å². The van der Waals surface area contributed by atoms with E-state index >= 15 is 0 Å². The van der Waals surface area contributed by atoms with Gasteiger partial charge in [0, 0.05) is 12.4 Å². The molecule has 0 amide bonds. The summed E-state index contributed by atoms with van der Waals surface area (Å²) in [5.41, 5.74) is 0.353. The summed E-state index contributed by atoms with van der Waals surface area (Å²) in [5.74, 6) is -0.784. The van der Waals surface area contributed by atoms with Crippen LogP contribution in [0.2, 0.25) is 0 Å². The Morgan fingerprint density at radius 1 is 1.00 bits per heavy atom. The molecule has 0 atom stereocenters. The van der Waals surface area contributed by atoms with Crippen molar-refractivity contribution in [3.8, 4) is 11.4 Å². The molecule has 0 N–H and O–H groups in total. The largest absolute Gasteiger partial charge is 0.236 e. The summed E-state index contributed by atoms with van der Waals surface area (Å²) in [6.45, 7) is 1.51. The fourth-order valence-corrected chi connectivity index (χ4v) is 1.26. The molecule has 2 aromatic rings. The van der Waals surface area contributed by atoms with Gasteiger partial charge >= 0.3 is 0 Å². The number of hydrogen-bond donors (Lipinski definition) is 0. The van der Waals surface area contributed by atoms with Gasteiger partial charge in [0.05, 0.1) is 5.56 Å². The van der Waals surface area contributed by atoms with Crippen molar-refractivity contribution in [1.29, 1.82) is 0 Å². The van der Waals surface area contributed by atoms with Crippen LogP contribution in [0.15, 0.2) is 30.6 Å². The van der Waals surface area contributed by atoms with Crippen molar-refractivity contribution >= 4 is 0 Å². The Bertz CT molecular complexity index is 483. The summed E-state index contributed by atoms with van der Waals surface area (Å²) >= 11 is 0. The molecule has 1 aromatic carbocycles. The zero-order valence-corrected chi connectivity index (χ0v) is 8.04. The summed E-state index contributed by atoms with van der Waals surface area (Å²) in [6, 6.07) is 3.87. The average Bonchev–Trinajstić information content (AvgIpc) is 2.25. The van der Waals surface area contributed by atoms with Crippen molar-refractivity contribution in [1.82, 2.24) is 9.97 Å². The molecule has 0 aliphatic heterocycles. The van der Waals surface area contributed by atoms with Crippen molar-refractivity contribution in [2.45, 2.75) is 6.92 Å². The lowest BCUT2D eigenvalue weighted by atomic mass is 10.1. The normalized spacial score (nSPS) is 10.3. The van der Waals surface area contributed by atoms with Crippen molar-refractivity contribution in [3.05, 3.63) is 47.8 Å². The Morgan fingerprint density at radius 2 is 1.67 bits per heavy atom. The van der Waals surface area contributed by atoms with Crippen LogP contribution in [-0.2, 0) is 0 Å². The van der Waals surface area contributed by atoms with Crippen LogP contribution in [-0.4, -0.2) is 9.97 Å². The van der Waals surface area contributed by atoms with Gasteiger partial charge in [-0.2, -0.15) is 0 Å². The van der Waals surface area contributed by atoms with Crippen LogP contribution in [0, 0.1) is 18.6 Å².